The Balaban J connectivity index is 1.64. The molecule has 4 aliphatic rings. The molecule has 9 atom stereocenters. The summed E-state index contributed by atoms with van der Waals surface area (Å²) in [6.45, 7) is 6.57. The summed E-state index contributed by atoms with van der Waals surface area (Å²) in [6.07, 6.45) is 7.90. The van der Waals surface area contributed by atoms with Crippen LogP contribution in [-0.4, -0.2) is 28.2 Å². The van der Waals surface area contributed by atoms with E-state index in [-0.39, 0.29) is 17.4 Å². The molecule has 3 heteroatoms. The van der Waals surface area contributed by atoms with Crippen LogP contribution in [0.2, 0.25) is 0 Å². The van der Waals surface area contributed by atoms with E-state index in [0.29, 0.717) is 41.3 Å². The maximum Gasteiger partial charge on any atom is 0.139 e. The van der Waals surface area contributed by atoms with Crippen LogP contribution in [0.25, 0.3) is 0 Å². The molecular weight excluding hydrogens is 300 g/mol. The fourth-order valence-corrected chi connectivity index (χ4v) is 7.89. The highest BCUT2D eigenvalue weighted by Gasteiger charge is 2.62. The average molecular weight is 335 g/mol. The summed E-state index contributed by atoms with van der Waals surface area (Å²) in [5, 5.41) is 20.3. The largest absolute Gasteiger partial charge is 0.393 e. The fourth-order valence-electron chi connectivity index (χ4n) is 7.89. The monoisotopic (exact) mass is 334 g/mol. The standard InChI is InChI=1S/C21H34O3/c1-12(22)19-18(24)11-17-15-5-4-13-10-14(23)6-8-20(13,2)16(15)7-9-21(17,19)3/h12-17,19,22-23H,4-11H2,1-3H3. The zero-order chi connectivity index (χ0) is 17.3. The highest BCUT2D eigenvalue weighted by Crippen LogP contribution is 2.67. The number of carbonyl (C=O) groups is 1. The highest BCUT2D eigenvalue weighted by molar-refractivity contribution is 5.85. The summed E-state index contributed by atoms with van der Waals surface area (Å²) in [5.41, 5.74) is 0.360. The van der Waals surface area contributed by atoms with E-state index in [0.717, 1.165) is 25.7 Å². The van der Waals surface area contributed by atoms with Crippen LogP contribution < -0.4 is 0 Å². The van der Waals surface area contributed by atoms with Crippen LogP contribution in [0.5, 0.6) is 0 Å². The second-order valence-electron chi connectivity index (χ2n) is 10.0. The topological polar surface area (TPSA) is 57.5 Å². The molecule has 0 aliphatic heterocycles. The van der Waals surface area contributed by atoms with Crippen LogP contribution in [0, 0.1) is 40.4 Å². The fraction of sp³-hybridized carbons (Fsp3) is 0.952. The van der Waals surface area contributed by atoms with Gasteiger partial charge in [0, 0.05) is 12.3 Å². The van der Waals surface area contributed by atoms with Gasteiger partial charge in [-0.15, -0.1) is 0 Å². The molecule has 0 bridgehead atoms. The van der Waals surface area contributed by atoms with Gasteiger partial charge in [-0.3, -0.25) is 4.79 Å². The lowest BCUT2D eigenvalue weighted by atomic mass is 9.44. The summed E-state index contributed by atoms with van der Waals surface area (Å²) in [5.74, 6) is 2.64. The Morgan fingerprint density at radius 1 is 1.04 bits per heavy atom. The molecule has 4 aliphatic carbocycles. The van der Waals surface area contributed by atoms with Gasteiger partial charge < -0.3 is 10.2 Å². The SMILES string of the molecule is CC(O)C1C(=O)CC2C3CCC4CC(O)CCC4(C)C3CCC21C. The molecule has 3 nitrogen and oxygen atoms in total. The molecule has 9 unspecified atom stereocenters. The molecule has 24 heavy (non-hydrogen) atoms. The smallest absolute Gasteiger partial charge is 0.139 e. The van der Waals surface area contributed by atoms with Crippen LogP contribution in [0.15, 0.2) is 0 Å². The summed E-state index contributed by atoms with van der Waals surface area (Å²) in [7, 11) is 0. The second-order valence-corrected chi connectivity index (χ2v) is 10.0. The average Bonchev–Trinajstić information content (AvgIpc) is 2.78. The number of hydrogen-bond donors (Lipinski definition) is 2. The Labute approximate surface area is 146 Å². The zero-order valence-electron chi connectivity index (χ0n) is 15.5. The first-order valence-electron chi connectivity index (χ1n) is 10.2. The van der Waals surface area contributed by atoms with Crippen molar-refractivity contribution < 1.29 is 15.0 Å². The number of hydrogen-bond acceptors (Lipinski definition) is 3. The van der Waals surface area contributed by atoms with E-state index in [9.17, 15) is 15.0 Å². The van der Waals surface area contributed by atoms with Crippen molar-refractivity contribution in [1.82, 2.24) is 0 Å². The second kappa shape index (κ2) is 5.54. The van der Waals surface area contributed by atoms with Crippen molar-refractivity contribution in [3.63, 3.8) is 0 Å². The summed E-state index contributed by atoms with van der Waals surface area (Å²) < 4.78 is 0. The van der Waals surface area contributed by atoms with Crippen LogP contribution in [-0.2, 0) is 4.79 Å². The molecule has 136 valence electrons. The lowest BCUT2D eigenvalue weighted by molar-refractivity contribution is -0.136. The van der Waals surface area contributed by atoms with Crippen molar-refractivity contribution in [1.29, 1.82) is 0 Å². The summed E-state index contributed by atoms with van der Waals surface area (Å²) >= 11 is 0. The van der Waals surface area contributed by atoms with Gasteiger partial charge in [-0.05, 0) is 86.4 Å². The lowest BCUT2D eigenvalue weighted by Gasteiger charge is -2.60. The third-order valence-electron chi connectivity index (χ3n) is 9.04. The molecule has 0 aromatic carbocycles. The van der Waals surface area contributed by atoms with Crippen LogP contribution in [0.4, 0.5) is 0 Å². The Hall–Kier alpha value is -0.410. The van der Waals surface area contributed by atoms with Crippen molar-refractivity contribution in [3.05, 3.63) is 0 Å². The quantitative estimate of drug-likeness (QED) is 0.771. The molecule has 4 rings (SSSR count). The number of ketones is 1. The van der Waals surface area contributed by atoms with E-state index in [1.165, 1.54) is 19.3 Å². The predicted molar refractivity (Wildman–Crippen MR) is 93.3 cm³/mol. The molecule has 0 amide bonds. The van der Waals surface area contributed by atoms with E-state index in [4.69, 9.17) is 0 Å². The first kappa shape index (κ1) is 17.0. The summed E-state index contributed by atoms with van der Waals surface area (Å²) in [4.78, 5) is 12.7. The van der Waals surface area contributed by atoms with E-state index in [1.54, 1.807) is 0 Å². The predicted octanol–water partition coefficient (Wildman–Crippen LogP) is 3.57. The number of aliphatic hydroxyl groups excluding tert-OH is 2. The van der Waals surface area contributed by atoms with Gasteiger partial charge in [0.1, 0.15) is 5.78 Å². The molecule has 0 heterocycles. The molecule has 0 aromatic rings. The molecule has 0 spiro atoms. The Bertz CT molecular complexity index is 529. The number of carbonyl (C=O) groups excluding carboxylic acids is 1. The van der Waals surface area contributed by atoms with Gasteiger partial charge in [0.25, 0.3) is 0 Å². The van der Waals surface area contributed by atoms with Crippen molar-refractivity contribution in [3.8, 4) is 0 Å². The number of rotatable bonds is 1. The number of Topliss-reactive ketones (excluding diaryl/α,β-unsaturated/α-hetero) is 1. The van der Waals surface area contributed by atoms with Gasteiger partial charge in [-0.25, -0.2) is 0 Å². The molecule has 4 saturated carbocycles. The number of fused-ring (bicyclic) bond motifs is 5. The van der Waals surface area contributed by atoms with Crippen molar-refractivity contribution in [2.24, 2.45) is 40.4 Å². The first-order chi connectivity index (χ1) is 11.3. The van der Waals surface area contributed by atoms with Crippen LogP contribution in [0.1, 0.15) is 72.1 Å². The molecule has 2 N–H and O–H groups in total. The van der Waals surface area contributed by atoms with Crippen LogP contribution in [0.3, 0.4) is 0 Å². The van der Waals surface area contributed by atoms with Gasteiger partial charge in [0.15, 0.2) is 0 Å². The van der Waals surface area contributed by atoms with Gasteiger partial charge in [-0.2, -0.15) is 0 Å². The van der Waals surface area contributed by atoms with Crippen molar-refractivity contribution in [2.75, 3.05) is 0 Å². The van der Waals surface area contributed by atoms with Crippen molar-refractivity contribution >= 4 is 5.78 Å². The highest BCUT2D eigenvalue weighted by atomic mass is 16.3. The van der Waals surface area contributed by atoms with Gasteiger partial charge in [-0.1, -0.05) is 13.8 Å². The Kier molecular flexibility index (Phi) is 3.93. The molecule has 4 fully saturated rings. The minimum atomic E-state index is -0.513. The number of aliphatic hydroxyl groups is 2. The summed E-state index contributed by atoms with van der Waals surface area (Å²) in [6, 6.07) is 0. The molecular formula is C21H34O3. The van der Waals surface area contributed by atoms with E-state index >= 15 is 0 Å². The minimum absolute atomic E-state index is 0.00376. The zero-order valence-corrected chi connectivity index (χ0v) is 15.5. The van der Waals surface area contributed by atoms with Gasteiger partial charge in [0.05, 0.1) is 12.2 Å². The van der Waals surface area contributed by atoms with E-state index < -0.39 is 6.10 Å². The Morgan fingerprint density at radius 3 is 2.46 bits per heavy atom. The lowest BCUT2D eigenvalue weighted by Crippen LogP contribution is -2.54. The third kappa shape index (κ3) is 2.19. The van der Waals surface area contributed by atoms with E-state index in [1.807, 2.05) is 6.92 Å². The van der Waals surface area contributed by atoms with Gasteiger partial charge in [0.2, 0.25) is 0 Å². The maximum atomic E-state index is 12.7. The molecule has 0 aromatic heterocycles. The van der Waals surface area contributed by atoms with Gasteiger partial charge >= 0.3 is 0 Å². The Morgan fingerprint density at radius 2 is 1.75 bits per heavy atom. The minimum Gasteiger partial charge on any atom is -0.393 e. The normalized spacial score (nSPS) is 55.5. The third-order valence-corrected chi connectivity index (χ3v) is 9.04. The molecule has 0 radical (unpaired) electrons. The van der Waals surface area contributed by atoms with Crippen LogP contribution >= 0.6 is 0 Å². The van der Waals surface area contributed by atoms with Crippen molar-refractivity contribution in [2.45, 2.75) is 84.3 Å². The first-order valence-corrected chi connectivity index (χ1v) is 10.2. The maximum absolute atomic E-state index is 12.7. The van der Waals surface area contributed by atoms with E-state index in [2.05, 4.69) is 13.8 Å². The molecule has 0 saturated heterocycles.